The molecule has 0 saturated carbocycles. The minimum absolute atomic E-state index is 0.752. The summed E-state index contributed by atoms with van der Waals surface area (Å²) in [7, 11) is 0. The molecule has 0 spiro atoms. The van der Waals surface area contributed by atoms with Crippen LogP contribution >= 0.6 is 11.8 Å². The molecule has 1 N–H and O–H groups in total. The van der Waals surface area contributed by atoms with E-state index in [-0.39, 0.29) is 0 Å². The van der Waals surface area contributed by atoms with Gasteiger partial charge in [0.15, 0.2) is 0 Å². The van der Waals surface area contributed by atoms with Gasteiger partial charge < -0.3 is 5.32 Å². The molecule has 0 radical (unpaired) electrons. The number of hydrogen-bond donors (Lipinski definition) is 1. The predicted octanol–water partition coefficient (Wildman–Crippen LogP) is 1.18. The van der Waals surface area contributed by atoms with Crippen LogP contribution in [0.2, 0.25) is 0 Å². The van der Waals surface area contributed by atoms with Crippen LogP contribution in [0.4, 0.5) is 0 Å². The van der Waals surface area contributed by atoms with E-state index in [0.717, 1.165) is 12.1 Å². The second kappa shape index (κ2) is 4.67. The zero-order valence-corrected chi connectivity index (χ0v) is 9.28. The first-order valence-electron chi connectivity index (χ1n) is 5.42. The normalized spacial score (nSPS) is 33.5. The lowest BCUT2D eigenvalue weighted by Gasteiger charge is -2.41. The van der Waals surface area contributed by atoms with Crippen molar-refractivity contribution < 1.29 is 0 Å². The third kappa shape index (κ3) is 2.39. The molecule has 0 aromatic rings. The summed E-state index contributed by atoms with van der Waals surface area (Å²) in [5.74, 6) is 2.75. The second-order valence-electron chi connectivity index (χ2n) is 4.13. The summed E-state index contributed by atoms with van der Waals surface area (Å²) in [6.07, 6.45) is 2.82. The Hall–Kier alpha value is 0.270. The van der Waals surface area contributed by atoms with Gasteiger partial charge in [-0.25, -0.2) is 0 Å². The summed E-state index contributed by atoms with van der Waals surface area (Å²) in [4.78, 5) is 2.72. The smallest absolute Gasteiger partial charge is 0.0195 e. The average Bonchev–Trinajstić information content (AvgIpc) is 2.20. The second-order valence-corrected chi connectivity index (χ2v) is 5.36. The maximum atomic E-state index is 3.46. The highest BCUT2D eigenvalue weighted by atomic mass is 32.2. The molecule has 2 fully saturated rings. The first-order valence-corrected chi connectivity index (χ1v) is 6.57. The third-order valence-electron chi connectivity index (χ3n) is 3.21. The van der Waals surface area contributed by atoms with Crippen LogP contribution in [0, 0.1) is 0 Å². The monoisotopic (exact) mass is 200 g/mol. The van der Waals surface area contributed by atoms with Gasteiger partial charge >= 0.3 is 0 Å². The summed E-state index contributed by atoms with van der Waals surface area (Å²) in [5.41, 5.74) is 0. The summed E-state index contributed by atoms with van der Waals surface area (Å²) in [6.45, 7) is 5.99. The first kappa shape index (κ1) is 9.81. The molecule has 0 bridgehead atoms. The number of rotatable bonds is 1. The predicted molar refractivity (Wildman–Crippen MR) is 59.4 cm³/mol. The molecule has 0 aromatic carbocycles. The van der Waals surface area contributed by atoms with Crippen LogP contribution in [0.15, 0.2) is 0 Å². The minimum atomic E-state index is 0.752. The van der Waals surface area contributed by atoms with E-state index in [2.05, 4.69) is 28.9 Å². The van der Waals surface area contributed by atoms with Gasteiger partial charge in [-0.1, -0.05) is 0 Å². The topological polar surface area (TPSA) is 15.3 Å². The van der Waals surface area contributed by atoms with E-state index in [1.807, 2.05) is 0 Å². The average molecular weight is 200 g/mol. The molecule has 13 heavy (non-hydrogen) atoms. The molecular formula is C10H20N2S. The minimum Gasteiger partial charge on any atom is -0.314 e. The van der Waals surface area contributed by atoms with Gasteiger partial charge in [-0.15, -0.1) is 0 Å². The Labute approximate surface area is 85.4 Å². The molecule has 2 aliphatic heterocycles. The highest BCUT2D eigenvalue weighted by molar-refractivity contribution is 7.99. The molecule has 0 amide bonds. The van der Waals surface area contributed by atoms with Crippen molar-refractivity contribution in [2.75, 3.05) is 31.1 Å². The van der Waals surface area contributed by atoms with Gasteiger partial charge in [0.1, 0.15) is 0 Å². The van der Waals surface area contributed by atoms with Gasteiger partial charge in [-0.05, 0) is 31.3 Å². The Kier molecular flexibility index (Phi) is 3.52. The number of hydrogen-bond acceptors (Lipinski definition) is 3. The van der Waals surface area contributed by atoms with Crippen molar-refractivity contribution in [1.29, 1.82) is 0 Å². The highest BCUT2D eigenvalue weighted by Gasteiger charge is 2.26. The Balaban J connectivity index is 1.88. The molecule has 3 heteroatoms. The van der Waals surface area contributed by atoms with Crippen LogP contribution in [0.3, 0.4) is 0 Å². The number of piperazine rings is 1. The summed E-state index contributed by atoms with van der Waals surface area (Å²) in [6, 6.07) is 1.64. The number of thioether (sulfide) groups is 1. The summed E-state index contributed by atoms with van der Waals surface area (Å²) >= 11 is 2.12. The van der Waals surface area contributed by atoms with Crippen molar-refractivity contribution >= 4 is 11.8 Å². The van der Waals surface area contributed by atoms with Crippen LogP contribution in [-0.2, 0) is 0 Å². The van der Waals surface area contributed by atoms with Crippen LogP contribution < -0.4 is 5.32 Å². The first-order chi connectivity index (χ1) is 6.38. The molecular weight excluding hydrogens is 180 g/mol. The van der Waals surface area contributed by atoms with Crippen LogP contribution in [0.1, 0.15) is 19.8 Å². The van der Waals surface area contributed by atoms with E-state index in [4.69, 9.17) is 0 Å². The van der Waals surface area contributed by atoms with E-state index in [1.54, 1.807) is 0 Å². The van der Waals surface area contributed by atoms with E-state index >= 15 is 0 Å². The lowest BCUT2D eigenvalue weighted by Crippen LogP contribution is -2.54. The lowest BCUT2D eigenvalue weighted by atomic mass is 10.1. The van der Waals surface area contributed by atoms with Gasteiger partial charge in [-0.2, -0.15) is 11.8 Å². The van der Waals surface area contributed by atoms with Crippen molar-refractivity contribution in [3.8, 4) is 0 Å². The van der Waals surface area contributed by atoms with Gasteiger partial charge in [0, 0.05) is 31.7 Å². The molecule has 2 rings (SSSR count). The quantitative estimate of drug-likeness (QED) is 0.684. The zero-order valence-electron chi connectivity index (χ0n) is 8.46. The van der Waals surface area contributed by atoms with Crippen LogP contribution in [-0.4, -0.2) is 48.1 Å². The number of nitrogens with zero attached hydrogens (tertiary/aromatic N) is 1. The fraction of sp³-hybridized carbons (Fsp3) is 1.00. The van der Waals surface area contributed by atoms with Crippen molar-refractivity contribution in [3.05, 3.63) is 0 Å². The van der Waals surface area contributed by atoms with Gasteiger partial charge in [0.05, 0.1) is 0 Å². The standard InChI is InChI=1S/C10H20N2S/c1-9-8-11-4-5-12(9)10-2-6-13-7-3-10/h9-11H,2-8H2,1H3/t9-/m1/s1. The molecule has 2 heterocycles. The van der Waals surface area contributed by atoms with Gasteiger partial charge in [-0.3, -0.25) is 4.90 Å². The zero-order chi connectivity index (χ0) is 9.10. The van der Waals surface area contributed by atoms with Crippen LogP contribution in [0.5, 0.6) is 0 Å². The summed E-state index contributed by atoms with van der Waals surface area (Å²) in [5, 5.41) is 3.46. The molecule has 2 aliphatic rings. The Bertz CT molecular complexity index is 157. The molecule has 76 valence electrons. The van der Waals surface area contributed by atoms with Crippen molar-refractivity contribution in [3.63, 3.8) is 0 Å². The summed E-state index contributed by atoms with van der Waals surface area (Å²) < 4.78 is 0. The fourth-order valence-corrected chi connectivity index (χ4v) is 3.50. The fourth-order valence-electron chi connectivity index (χ4n) is 2.42. The molecule has 1 atom stereocenters. The molecule has 0 aromatic heterocycles. The van der Waals surface area contributed by atoms with Crippen molar-refractivity contribution in [2.24, 2.45) is 0 Å². The van der Waals surface area contributed by atoms with Crippen LogP contribution in [0.25, 0.3) is 0 Å². The van der Waals surface area contributed by atoms with Gasteiger partial charge in [0.2, 0.25) is 0 Å². The van der Waals surface area contributed by atoms with E-state index in [9.17, 15) is 0 Å². The SMILES string of the molecule is C[C@@H]1CNCCN1C1CCSCC1. The largest absolute Gasteiger partial charge is 0.314 e. The molecule has 2 nitrogen and oxygen atoms in total. The maximum Gasteiger partial charge on any atom is 0.0195 e. The molecule has 0 unspecified atom stereocenters. The highest BCUT2D eigenvalue weighted by Crippen LogP contribution is 2.23. The lowest BCUT2D eigenvalue weighted by molar-refractivity contribution is 0.110. The number of nitrogens with one attached hydrogen (secondary N) is 1. The third-order valence-corrected chi connectivity index (χ3v) is 4.26. The van der Waals surface area contributed by atoms with E-state index in [1.165, 1.54) is 44.0 Å². The van der Waals surface area contributed by atoms with Crippen molar-refractivity contribution in [2.45, 2.75) is 31.8 Å². The van der Waals surface area contributed by atoms with E-state index < -0.39 is 0 Å². The molecule has 0 aliphatic carbocycles. The Morgan fingerprint density at radius 3 is 2.77 bits per heavy atom. The Morgan fingerprint density at radius 1 is 1.31 bits per heavy atom. The molecule has 2 saturated heterocycles. The van der Waals surface area contributed by atoms with Crippen molar-refractivity contribution in [1.82, 2.24) is 10.2 Å². The Morgan fingerprint density at radius 2 is 2.08 bits per heavy atom. The van der Waals surface area contributed by atoms with E-state index in [0.29, 0.717) is 0 Å². The maximum absolute atomic E-state index is 3.46. The van der Waals surface area contributed by atoms with Gasteiger partial charge in [0.25, 0.3) is 0 Å².